The minimum atomic E-state index is -0.647. The Morgan fingerprint density at radius 2 is 2.12 bits per heavy atom. The number of aliphatic carboxylic acids is 1. The van der Waals surface area contributed by atoms with E-state index in [9.17, 15) is 4.79 Å². The van der Waals surface area contributed by atoms with Crippen LogP contribution >= 0.6 is 43.2 Å². The number of halogens is 2. The van der Waals surface area contributed by atoms with Crippen LogP contribution in [0.15, 0.2) is 14.3 Å². The third-order valence-corrected chi connectivity index (χ3v) is 6.25. The minimum Gasteiger partial charge on any atom is -0.481 e. The van der Waals surface area contributed by atoms with Crippen LogP contribution in [0.3, 0.4) is 0 Å². The third kappa shape index (κ3) is 3.53. The van der Waals surface area contributed by atoms with Gasteiger partial charge in [-0.3, -0.25) is 9.69 Å². The minimum absolute atomic E-state index is 0.145. The third-order valence-electron chi connectivity index (χ3n) is 3.01. The van der Waals surface area contributed by atoms with E-state index in [-0.39, 0.29) is 5.92 Å². The molecule has 0 atom stereocenters. The van der Waals surface area contributed by atoms with Crippen molar-refractivity contribution in [1.29, 1.82) is 0 Å². The number of piperidine rings is 1. The maximum absolute atomic E-state index is 10.8. The van der Waals surface area contributed by atoms with Crippen molar-refractivity contribution in [3.8, 4) is 0 Å². The summed E-state index contributed by atoms with van der Waals surface area (Å²) in [6.45, 7) is 2.68. The molecular formula is C11H13Br2NO2S. The molecule has 6 heteroatoms. The molecule has 1 saturated heterocycles. The predicted octanol–water partition coefficient (Wildman–Crippen LogP) is 3.57. The molecule has 1 aromatic heterocycles. The highest BCUT2D eigenvalue weighted by Crippen LogP contribution is 2.33. The molecule has 1 N–H and O–H groups in total. The lowest BCUT2D eigenvalue weighted by Gasteiger charge is -2.29. The number of thiophene rings is 1. The molecule has 0 radical (unpaired) electrons. The van der Waals surface area contributed by atoms with Gasteiger partial charge < -0.3 is 5.11 Å². The van der Waals surface area contributed by atoms with Gasteiger partial charge in [0, 0.05) is 15.9 Å². The van der Waals surface area contributed by atoms with Crippen LogP contribution in [0.1, 0.15) is 17.7 Å². The second kappa shape index (κ2) is 5.82. The normalized spacial score (nSPS) is 18.5. The van der Waals surface area contributed by atoms with Crippen molar-refractivity contribution in [3.63, 3.8) is 0 Å². The van der Waals surface area contributed by atoms with Gasteiger partial charge in [0.05, 0.1) is 9.70 Å². The van der Waals surface area contributed by atoms with Crippen LogP contribution < -0.4 is 0 Å². The molecule has 3 nitrogen and oxygen atoms in total. The SMILES string of the molecule is O=C(O)C1CCN(Cc2cc(Br)c(Br)s2)CC1. The number of carbonyl (C=O) groups is 1. The summed E-state index contributed by atoms with van der Waals surface area (Å²) in [6.07, 6.45) is 1.53. The van der Waals surface area contributed by atoms with Gasteiger partial charge in [-0.2, -0.15) is 0 Å². The van der Waals surface area contributed by atoms with E-state index in [1.807, 2.05) is 0 Å². The lowest BCUT2D eigenvalue weighted by molar-refractivity contribution is -0.143. The van der Waals surface area contributed by atoms with Crippen molar-refractivity contribution < 1.29 is 9.90 Å². The van der Waals surface area contributed by atoms with E-state index in [0.29, 0.717) is 0 Å². The summed E-state index contributed by atoms with van der Waals surface area (Å²) in [7, 11) is 0. The standard InChI is InChI=1S/C11H13Br2NO2S/c12-9-5-8(17-10(9)13)6-14-3-1-7(2-4-14)11(15)16/h5,7H,1-4,6H2,(H,15,16). The first-order valence-electron chi connectivity index (χ1n) is 5.45. The highest BCUT2D eigenvalue weighted by atomic mass is 79.9. The monoisotopic (exact) mass is 381 g/mol. The van der Waals surface area contributed by atoms with Crippen LogP contribution in [-0.4, -0.2) is 29.1 Å². The van der Waals surface area contributed by atoms with Gasteiger partial charge >= 0.3 is 5.97 Å². The van der Waals surface area contributed by atoms with E-state index >= 15 is 0 Å². The Hall–Kier alpha value is 0.0900. The molecule has 17 heavy (non-hydrogen) atoms. The molecule has 0 amide bonds. The summed E-state index contributed by atoms with van der Waals surface area (Å²) in [6, 6.07) is 2.12. The Kier molecular flexibility index (Phi) is 4.63. The molecule has 94 valence electrons. The number of nitrogens with zero attached hydrogens (tertiary/aromatic N) is 1. The molecule has 2 rings (SSSR count). The lowest BCUT2D eigenvalue weighted by atomic mass is 9.97. The summed E-state index contributed by atoms with van der Waals surface area (Å²) in [5, 5.41) is 8.93. The molecule has 0 saturated carbocycles. The van der Waals surface area contributed by atoms with Gasteiger partial charge in [0.2, 0.25) is 0 Å². The maximum atomic E-state index is 10.8. The maximum Gasteiger partial charge on any atom is 0.306 e. The van der Waals surface area contributed by atoms with Gasteiger partial charge in [0.25, 0.3) is 0 Å². The van der Waals surface area contributed by atoms with Crippen molar-refractivity contribution in [2.75, 3.05) is 13.1 Å². The highest BCUT2D eigenvalue weighted by molar-refractivity contribution is 9.13. The molecule has 0 bridgehead atoms. The Morgan fingerprint density at radius 3 is 2.59 bits per heavy atom. The molecule has 1 fully saturated rings. The van der Waals surface area contributed by atoms with Crippen molar-refractivity contribution in [3.05, 3.63) is 19.2 Å². The second-order valence-corrected chi connectivity index (χ2v) is 7.53. The zero-order valence-corrected chi connectivity index (χ0v) is 13.1. The predicted molar refractivity (Wildman–Crippen MR) is 75.4 cm³/mol. The molecular weight excluding hydrogens is 370 g/mol. The fourth-order valence-corrected chi connectivity index (χ4v) is 4.25. The quantitative estimate of drug-likeness (QED) is 0.868. The molecule has 1 aliphatic heterocycles. The summed E-state index contributed by atoms with van der Waals surface area (Å²) in [4.78, 5) is 14.5. The summed E-state index contributed by atoms with van der Waals surface area (Å²) < 4.78 is 2.21. The second-order valence-electron chi connectivity index (χ2n) is 4.22. The average molecular weight is 383 g/mol. The van der Waals surface area contributed by atoms with Crippen LogP contribution in [0.5, 0.6) is 0 Å². The fraction of sp³-hybridized carbons (Fsp3) is 0.545. The number of rotatable bonds is 3. The van der Waals surface area contributed by atoms with Crippen LogP contribution in [0.4, 0.5) is 0 Å². The smallest absolute Gasteiger partial charge is 0.306 e. The van der Waals surface area contributed by atoms with Crippen LogP contribution in [0, 0.1) is 5.92 Å². The van der Waals surface area contributed by atoms with Gasteiger partial charge in [-0.1, -0.05) is 0 Å². The zero-order valence-electron chi connectivity index (χ0n) is 9.16. The summed E-state index contributed by atoms with van der Waals surface area (Å²) in [5.74, 6) is -0.792. The number of hydrogen-bond donors (Lipinski definition) is 1. The molecule has 1 aliphatic rings. The van der Waals surface area contributed by atoms with Crippen molar-refractivity contribution in [2.24, 2.45) is 5.92 Å². The van der Waals surface area contributed by atoms with Gasteiger partial charge in [-0.05, 0) is 63.9 Å². The van der Waals surface area contributed by atoms with Crippen LogP contribution in [-0.2, 0) is 11.3 Å². The Morgan fingerprint density at radius 1 is 1.47 bits per heavy atom. The molecule has 1 aromatic rings. The van der Waals surface area contributed by atoms with Gasteiger partial charge in [0.1, 0.15) is 0 Å². The first-order valence-corrected chi connectivity index (χ1v) is 7.85. The first kappa shape index (κ1) is 13.5. The number of likely N-dealkylation sites (tertiary alicyclic amines) is 1. The molecule has 0 aromatic carbocycles. The van der Waals surface area contributed by atoms with Gasteiger partial charge in [-0.25, -0.2) is 0 Å². The highest BCUT2D eigenvalue weighted by Gasteiger charge is 2.24. The number of carboxylic acid groups (broad SMARTS) is 1. The van der Waals surface area contributed by atoms with Crippen molar-refractivity contribution in [2.45, 2.75) is 19.4 Å². The number of carboxylic acids is 1. The van der Waals surface area contributed by atoms with Crippen molar-refractivity contribution >= 4 is 49.2 Å². The molecule has 0 spiro atoms. The fourth-order valence-electron chi connectivity index (χ4n) is 2.03. The van der Waals surface area contributed by atoms with E-state index in [1.165, 1.54) is 4.88 Å². The lowest BCUT2D eigenvalue weighted by Crippen LogP contribution is -2.35. The summed E-state index contributed by atoms with van der Waals surface area (Å²) in [5.41, 5.74) is 0. The van der Waals surface area contributed by atoms with E-state index in [2.05, 4.69) is 42.8 Å². The Labute approximate surface area is 121 Å². The van der Waals surface area contributed by atoms with E-state index in [4.69, 9.17) is 5.11 Å². The van der Waals surface area contributed by atoms with Crippen LogP contribution in [0.2, 0.25) is 0 Å². The first-order chi connectivity index (χ1) is 8.06. The topological polar surface area (TPSA) is 40.5 Å². The van der Waals surface area contributed by atoms with Crippen molar-refractivity contribution in [1.82, 2.24) is 4.90 Å². The molecule has 0 aliphatic carbocycles. The van der Waals surface area contributed by atoms with E-state index in [1.54, 1.807) is 11.3 Å². The summed E-state index contributed by atoms with van der Waals surface area (Å²) >= 11 is 8.69. The number of hydrogen-bond acceptors (Lipinski definition) is 3. The van der Waals surface area contributed by atoms with Gasteiger partial charge in [-0.15, -0.1) is 11.3 Å². The zero-order chi connectivity index (χ0) is 12.4. The van der Waals surface area contributed by atoms with E-state index < -0.39 is 5.97 Å². The molecule has 2 heterocycles. The van der Waals surface area contributed by atoms with Gasteiger partial charge in [0.15, 0.2) is 0 Å². The Balaban J connectivity index is 1.88. The largest absolute Gasteiger partial charge is 0.481 e. The average Bonchev–Trinajstić information content (AvgIpc) is 2.58. The molecule has 0 unspecified atom stereocenters. The Bertz CT molecular complexity index is 394. The van der Waals surface area contributed by atoms with E-state index in [0.717, 1.165) is 40.7 Å². The van der Waals surface area contributed by atoms with Crippen LogP contribution in [0.25, 0.3) is 0 Å².